The zero-order chi connectivity index (χ0) is 23.3. The monoisotopic (exact) mass is 523 g/mol. The molecule has 7 nitrogen and oxygen atoms in total. The summed E-state index contributed by atoms with van der Waals surface area (Å²) >= 11 is 9.80. The Morgan fingerprint density at radius 3 is 2.48 bits per heavy atom. The second kappa shape index (κ2) is 8.28. The number of aromatic nitrogens is 5. The third kappa shape index (κ3) is 3.69. The number of fused-ring (bicyclic) bond motifs is 2. The van der Waals surface area contributed by atoms with Crippen LogP contribution in [0.4, 0.5) is 0 Å². The van der Waals surface area contributed by atoms with Crippen LogP contribution in [0.15, 0.2) is 68.9 Å². The molecule has 0 saturated carbocycles. The van der Waals surface area contributed by atoms with Gasteiger partial charge in [-0.3, -0.25) is 18.9 Å². The van der Waals surface area contributed by atoms with Crippen molar-refractivity contribution in [2.45, 2.75) is 20.0 Å². The van der Waals surface area contributed by atoms with Crippen LogP contribution >= 0.6 is 27.5 Å². The number of pyridine rings is 1. The molecule has 166 valence electrons. The summed E-state index contributed by atoms with van der Waals surface area (Å²) < 4.78 is 4.79. The fourth-order valence-corrected chi connectivity index (χ4v) is 4.78. The summed E-state index contributed by atoms with van der Waals surface area (Å²) in [6, 6.07) is 17.2. The molecule has 0 aliphatic rings. The Hall–Kier alpha value is -3.23. The zero-order valence-electron chi connectivity index (χ0n) is 17.9. The van der Waals surface area contributed by atoms with Gasteiger partial charge in [0.15, 0.2) is 15.9 Å². The molecule has 9 heteroatoms. The average Bonchev–Trinajstić information content (AvgIpc) is 3.12. The molecule has 5 aromatic rings. The van der Waals surface area contributed by atoms with Crippen molar-refractivity contribution in [3.05, 3.63) is 102 Å². The second-order valence-electron chi connectivity index (χ2n) is 7.89. The molecule has 0 bridgehead atoms. The molecular formula is C24H19BrClN5O2. The number of hydrogen-bond acceptors (Lipinski definition) is 4. The predicted molar refractivity (Wildman–Crippen MR) is 133 cm³/mol. The van der Waals surface area contributed by atoms with Crippen molar-refractivity contribution in [2.75, 3.05) is 0 Å². The van der Waals surface area contributed by atoms with E-state index in [0.717, 1.165) is 22.0 Å². The summed E-state index contributed by atoms with van der Waals surface area (Å²) in [5.74, 6) is 0. The van der Waals surface area contributed by atoms with Gasteiger partial charge in [0.25, 0.3) is 5.56 Å². The van der Waals surface area contributed by atoms with Crippen molar-refractivity contribution >= 4 is 49.5 Å². The Kier molecular flexibility index (Phi) is 5.42. The maximum atomic E-state index is 13.6. The molecule has 5 rings (SSSR count). The molecule has 0 amide bonds. The van der Waals surface area contributed by atoms with Gasteiger partial charge in [0.2, 0.25) is 0 Å². The highest BCUT2D eigenvalue weighted by molar-refractivity contribution is 9.10. The highest BCUT2D eigenvalue weighted by atomic mass is 79.9. The van der Waals surface area contributed by atoms with E-state index >= 15 is 0 Å². The molecule has 0 radical (unpaired) electrons. The Labute approximate surface area is 202 Å². The minimum absolute atomic E-state index is 0.0541. The summed E-state index contributed by atoms with van der Waals surface area (Å²) in [7, 11) is 1.61. The van der Waals surface area contributed by atoms with Gasteiger partial charge in [-0.05, 0) is 45.9 Å². The SMILES string of the molecule is Cc1cc2ccccc2c(Cn2c(=O)c3c(nc(Br)n3Cc3ccccc3Cl)n(C)c2=O)n1. The fraction of sp³-hybridized carbons (Fsp3) is 0.167. The fourth-order valence-electron chi connectivity index (χ4n) is 4.11. The number of benzene rings is 2. The first-order valence-electron chi connectivity index (χ1n) is 10.3. The maximum Gasteiger partial charge on any atom is 0.332 e. The number of aryl methyl sites for hydroxylation is 2. The predicted octanol–water partition coefficient (Wildman–Crippen LogP) is 4.27. The molecule has 0 fully saturated rings. The molecule has 0 atom stereocenters. The summed E-state index contributed by atoms with van der Waals surface area (Å²) in [6.45, 7) is 2.28. The molecule has 0 aliphatic carbocycles. The molecule has 0 aliphatic heterocycles. The lowest BCUT2D eigenvalue weighted by Gasteiger charge is -2.12. The van der Waals surface area contributed by atoms with Crippen molar-refractivity contribution in [2.24, 2.45) is 7.05 Å². The normalized spacial score (nSPS) is 11.5. The molecule has 0 unspecified atom stereocenters. The second-order valence-corrected chi connectivity index (χ2v) is 9.01. The highest BCUT2D eigenvalue weighted by Gasteiger charge is 2.21. The highest BCUT2D eigenvalue weighted by Crippen LogP contribution is 2.23. The maximum absolute atomic E-state index is 13.6. The number of nitrogens with zero attached hydrogens (tertiary/aromatic N) is 5. The molecule has 0 saturated heterocycles. The molecule has 33 heavy (non-hydrogen) atoms. The first-order chi connectivity index (χ1) is 15.8. The Bertz CT molecular complexity index is 1670. The van der Waals surface area contributed by atoms with Gasteiger partial charge in [-0.15, -0.1) is 0 Å². The van der Waals surface area contributed by atoms with E-state index in [-0.39, 0.29) is 6.54 Å². The number of rotatable bonds is 4. The summed E-state index contributed by atoms with van der Waals surface area (Å²) in [6.07, 6.45) is 0. The third-order valence-electron chi connectivity index (χ3n) is 5.73. The van der Waals surface area contributed by atoms with E-state index in [1.807, 2.05) is 55.5 Å². The van der Waals surface area contributed by atoms with E-state index in [1.165, 1.54) is 9.13 Å². The van der Waals surface area contributed by atoms with Gasteiger partial charge in [-0.2, -0.15) is 0 Å². The lowest BCUT2D eigenvalue weighted by molar-refractivity contribution is 0.646. The van der Waals surface area contributed by atoms with Crippen LogP contribution in [0.25, 0.3) is 21.9 Å². The minimum Gasteiger partial charge on any atom is -0.308 e. The molecule has 3 aromatic heterocycles. The lowest BCUT2D eigenvalue weighted by atomic mass is 10.1. The van der Waals surface area contributed by atoms with Crippen LogP contribution in [0.5, 0.6) is 0 Å². The van der Waals surface area contributed by atoms with Crippen LogP contribution < -0.4 is 11.2 Å². The molecule has 3 heterocycles. The first kappa shape index (κ1) is 21.6. The molecule has 2 aromatic carbocycles. The molecule has 0 N–H and O–H groups in total. The van der Waals surface area contributed by atoms with Gasteiger partial charge in [-0.25, -0.2) is 9.78 Å². The standard InChI is InChI=1S/C24H19BrClN5O2/c1-14-11-15-7-3-5-9-17(15)19(27-14)13-31-22(32)20-21(29(2)24(31)33)28-23(25)30(20)12-16-8-4-6-10-18(16)26/h3-11H,12-13H2,1-2H3. The third-order valence-corrected chi connectivity index (χ3v) is 6.70. The van der Waals surface area contributed by atoms with E-state index in [0.29, 0.717) is 33.2 Å². The van der Waals surface area contributed by atoms with Crippen molar-refractivity contribution < 1.29 is 0 Å². The van der Waals surface area contributed by atoms with Gasteiger partial charge in [0, 0.05) is 23.2 Å². The Balaban J connectivity index is 1.73. The van der Waals surface area contributed by atoms with E-state index in [1.54, 1.807) is 17.7 Å². The summed E-state index contributed by atoms with van der Waals surface area (Å²) in [5.41, 5.74) is 2.08. The minimum atomic E-state index is -0.449. The van der Waals surface area contributed by atoms with Crippen LogP contribution in [-0.4, -0.2) is 23.7 Å². The van der Waals surface area contributed by atoms with Crippen molar-refractivity contribution in [1.82, 2.24) is 23.7 Å². The molecular weight excluding hydrogens is 506 g/mol. The largest absolute Gasteiger partial charge is 0.332 e. The lowest BCUT2D eigenvalue weighted by Crippen LogP contribution is -2.40. The van der Waals surface area contributed by atoms with Gasteiger partial charge in [0.05, 0.1) is 18.8 Å². The number of imidazole rings is 1. The molecule has 0 spiro atoms. The average molecular weight is 525 g/mol. The van der Waals surface area contributed by atoms with Crippen LogP contribution in [0, 0.1) is 6.92 Å². The van der Waals surface area contributed by atoms with Crippen LogP contribution in [-0.2, 0) is 20.1 Å². The van der Waals surface area contributed by atoms with Gasteiger partial charge >= 0.3 is 5.69 Å². The van der Waals surface area contributed by atoms with Crippen LogP contribution in [0.2, 0.25) is 5.02 Å². The van der Waals surface area contributed by atoms with Gasteiger partial charge < -0.3 is 4.57 Å². The van der Waals surface area contributed by atoms with E-state index in [4.69, 9.17) is 11.6 Å². The van der Waals surface area contributed by atoms with Crippen molar-refractivity contribution in [3.8, 4) is 0 Å². The topological polar surface area (TPSA) is 74.7 Å². The van der Waals surface area contributed by atoms with Crippen molar-refractivity contribution in [3.63, 3.8) is 0 Å². The zero-order valence-corrected chi connectivity index (χ0v) is 20.3. The summed E-state index contributed by atoms with van der Waals surface area (Å²) in [4.78, 5) is 35.9. The van der Waals surface area contributed by atoms with E-state index in [9.17, 15) is 9.59 Å². The Morgan fingerprint density at radius 2 is 1.70 bits per heavy atom. The van der Waals surface area contributed by atoms with Crippen LogP contribution in [0.3, 0.4) is 0 Å². The van der Waals surface area contributed by atoms with Crippen LogP contribution in [0.1, 0.15) is 17.0 Å². The number of hydrogen-bond donors (Lipinski definition) is 0. The quantitative estimate of drug-likeness (QED) is 0.329. The van der Waals surface area contributed by atoms with E-state index < -0.39 is 11.2 Å². The number of halogens is 2. The van der Waals surface area contributed by atoms with E-state index in [2.05, 4.69) is 25.9 Å². The smallest absolute Gasteiger partial charge is 0.308 e. The summed E-state index contributed by atoms with van der Waals surface area (Å²) in [5, 5.41) is 2.51. The van der Waals surface area contributed by atoms with Gasteiger partial charge in [-0.1, -0.05) is 54.1 Å². The van der Waals surface area contributed by atoms with Gasteiger partial charge in [0.1, 0.15) is 0 Å². The van der Waals surface area contributed by atoms with Crippen molar-refractivity contribution in [1.29, 1.82) is 0 Å². The Morgan fingerprint density at radius 1 is 0.970 bits per heavy atom. The first-order valence-corrected chi connectivity index (χ1v) is 11.5.